The number of hydrogen-bond acceptors (Lipinski definition) is 5. The minimum atomic E-state index is -0.649. The van der Waals surface area contributed by atoms with Crippen LogP contribution in [-0.2, 0) is 22.7 Å². The maximum atomic E-state index is 14.4. The Morgan fingerprint density at radius 3 is 2.39 bits per heavy atom. The summed E-state index contributed by atoms with van der Waals surface area (Å²) in [7, 11) is 1.64. The van der Waals surface area contributed by atoms with Gasteiger partial charge in [0.15, 0.2) is 0 Å². The van der Waals surface area contributed by atoms with E-state index >= 15 is 0 Å². The van der Waals surface area contributed by atoms with Crippen molar-refractivity contribution in [1.82, 2.24) is 9.80 Å². The second-order valence-corrected chi connectivity index (χ2v) is 12.9. The molecule has 44 heavy (non-hydrogen) atoms. The molecule has 0 atom stereocenters. The molecule has 2 aliphatic rings. The number of methoxy groups -OCH3 is 1. The maximum Gasteiger partial charge on any atom is 0.410 e. The zero-order valence-electron chi connectivity index (χ0n) is 25.6. The standard InChI is InChI=1S/C35H38Cl2N2O5/c1-35(2,3)44-34(41)38-18-17-29(24-7-5-9-28(19-24)43-22-23-11-15-27(42-4)16-12-23)30(21-38)33(40)39(26-13-14-26)20-25-8-6-10-31(36)32(25)37/h5-12,15-16,19,26H,13-14,17-18,20-22H2,1-4H3. The number of benzene rings is 3. The first kappa shape index (κ1) is 31.7. The van der Waals surface area contributed by atoms with Crippen LogP contribution < -0.4 is 9.47 Å². The van der Waals surface area contributed by atoms with Crippen molar-refractivity contribution in [3.8, 4) is 11.5 Å². The molecular weight excluding hydrogens is 599 g/mol. The lowest BCUT2D eigenvalue weighted by Gasteiger charge is -2.34. The predicted molar refractivity (Wildman–Crippen MR) is 173 cm³/mol. The third-order valence-corrected chi connectivity index (χ3v) is 8.48. The van der Waals surface area contributed by atoms with Crippen LogP contribution in [0.15, 0.2) is 72.3 Å². The first-order valence-corrected chi connectivity index (χ1v) is 15.6. The van der Waals surface area contributed by atoms with Gasteiger partial charge in [0.05, 0.1) is 23.7 Å². The second kappa shape index (κ2) is 13.5. The quantitative estimate of drug-likeness (QED) is 0.237. The Morgan fingerprint density at radius 2 is 1.70 bits per heavy atom. The molecule has 0 bridgehead atoms. The lowest BCUT2D eigenvalue weighted by Crippen LogP contribution is -2.44. The first-order chi connectivity index (χ1) is 21.0. The normalized spacial score (nSPS) is 15.2. The summed E-state index contributed by atoms with van der Waals surface area (Å²) in [6.45, 7) is 6.81. The number of carbonyl (C=O) groups is 2. The topological polar surface area (TPSA) is 68.3 Å². The number of nitrogens with zero attached hydrogens (tertiary/aromatic N) is 2. The van der Waals surface area contributed by atoms with Crippen molar-refractivity contribution in [2.45, 2.75) is 64.8 Å². The molecule has 1 heterocycles. The molecule has 1 aliphatic heterocycles. The van der Waals surface area contributed by atoms with Crippen LogP contribution in [0.4, 0.5) is 4.79 Å². The van der Waals surface area contributed by atoms with Gasteiger partial charge in [0, 0.05) is 24.7 Å². The summed E-state index contributed by atoms with van der Waals surface area (Å²) in [5.74, 6) is 1.36. The Kier molecular flexibility index (Phi) is 9.76. The Hall–Kier alpha value is -3.68. The number of rotatable bonds is 9. The number of ether oxygens (including phenoxy) is 3. The smallest absolute Gasteiger partial charge is 0.410 e. The highest BCUT2D eigenvalue weighted by molar-refractivity contribution is 6.42. The van der Waals surface area contributed by atoms with E-state index in [4.69, 9.17) is 37.4 Å². The van der Waals surface area contributed by atoms with Crippen molar-refractivity contribution >= 4 is 40.8 Å². The molecule has 0 saturated heterocycles. The van der Waals surface area contributed by atoms with Crippen LogP contribution in [0.3, 0.4) is 0 Å². The van der Waals surface area contributed by atoms with Crippen LogP contribution in [0.2, 0.25) is 10.0 Å². The van der Waals surface area contributed by atoms with Gasteiger partial charge in [-0.1, -0.05) is 59.6 Å². The van der Waals surface area contributed by atoms with Crippen LogP contribution in [0.5, 0.6) is 11.5 Å². The number of amides is 2. The monoisotopic (exact) mass is 636 g/mol. The summed E-state index contributed by atoms with van der Waals surface area (Å²) in [4.78, 5) is 31.0. The summed E-state index contributed by atoms with van der Waals surface area (Å²) < 4.78 is 17.1. The van der Waals surface area contributed by atoms with Gasteiger partial charge in [-0.3, -0.25) is 4.79 Å². The SMILES string of the molecule is COc1ccc(COc2cccc(C3=C(C(=O)N(Cc4cccc(Cl)c4Cl)C4CC4)CN(C(=O)OC(C)(C)C)CC3)c2)cc1. The molecule has 5 rings (SSSR count). The summed E-state index contributed by atoms with van der Waals surface area (Å²) in [5.41, 5.74) is 3.50. The van der Waals surface area contributed by atoms with Crippen molar-refractivity contribution in [1.29, 1.82) is 0 Å². The van der Waals surface area contributed by atoms with Crippen molar-refractivity contribution in [3.63, 3.8) is 0 Å². The van der Waals surface area contributed by atoms with E-state index in [1.165, 1.54) is 0 Å². The Morgan fingerprint density at radius 1 is 0.977 bits per heavy atom. The second-order valence-electron chi connectivity index (χ2n) is 12.2. The zero-order chi connectivity index (χ0) is 31.4. The summed E-state index contributed by atoms with van der Waals surface area (Å²) in [5, 5.41) is 0.898. The third kappa shape index (κ3) is 7.88. The van der Waals surface area contributed by atoms with Crippen molar-refractivity contribution in [3.05, 3.63) is 99.0 Å². The average Bonchev–Trinajstić information content (AvgIpc) is 3.85. The van der Waals surface area contributed by atoms with Gasteiger partial charge >= 0.3 is 6.09 Å². The van der Waals surface area contributed by atoms with E-state index < -0.39 is 11.7 Å². The Labute approximate surface area is 269 Å². The van der Waals surface area contributed by atoms with Gasteiger partial charge in [-0.05, 0) is 92.6 Å². The molecule has 1 fully saturated rings. The van der Waals surface area contributed by atoms with E-state index in [2.05, 4.69) is 0 Å². The van der Waals surface area contributed by atoms with Gasteiger partial charge in [-0.25, -0.2) is 4.79 Å². The molecule has 0 unspecified atom stereocenters. The molecule has 1 aliphatic carbocycles. The molecule has 1 saturated carbocycles. The molecule has 0 radical (unpaired) electrons. The molecule has 3 aromatic carbocycles. The Balaban J connectivity index is 1.45. The van der Waals surface area contributed by atoms with Gasteiger partial charge in [-0.2, -0.15) is 0 Å². The largest absolute Gasteiger partial charge is 0.497 e. The van der Waals surface area contributed by atoms with E-state index in [-0.39, 0.29) is 18.5 Å². The van der Waals surface area contributed by atoms with E-state index in [9.17, 15) is 9.59 Å². The summed E-state index contributed by atoms with van der Waals surface area (Å²) >= 11 is 12.8. The highest BCUT2D eigenvalue weighted by Crippen LogP contribution is 2.37. The third-order valence-electron chi connectivity index (χ3n) is 7.62. The molecule has 2 amide bonds. The van der Waals surface area contributed by atoms with Crippen molar-refractivity contribution in [2.75, 3.05) is 20.2 Å². The summed E-state index contributed by atoms with van der Waals surface area (Å²) in [6.07, 6.45) is 1.89. The number of carbonyl (C=O) groups excluding carboxylic acids is 2. The number of halogens is 2. The van der Waals surface area contributed by atoms with Crippen LogP contribution in [-0.4, -0.2) is 53.6 Å². The van der Waals surface area contributed by atoms with Crippen LogP contribution in [0.1, 0.15) is 56.7 Å². The fourth-order valence-corrected chi connectivity index (χ4v) is 5.58. The lowest BCUT2D eigenvalue weighted by molar-refractivity contribution is -0.128. The average molecular weight is 638 g/mol. The van der Waals surface area contributed by atoms with Gasteiger partial charge < -0.3 is 24.0 Å². The Bertz CT molecular complexity index is 1540. The highest BCUT2D eigenvalue weighted by atomic mass is 35.5. The molecule has 0 N–H and O–H groups in total. The van der Waals surface area contributed by atoms with Gasteiger partial charge in [0.2, 0.25) is 0 Å². The molecule has 232 valence electrons. The molecule has 9 heteroatoms. The molecule has 7 nitrogen and oxygen atoms in total. The van der Waals surface area contributed by atoms with Crippen molar-refractivity contribution < 1.29 is 23.8 Å². The van der Waals surface area contributed by atoms with Crippen LogP contribution >= 0.6 is 23.2 Å². The minimum Gasteiger partial charge on any atom is -0.497 e. The zero-order valence-corrected chi connectivity index (χ0v) is 27.1. The fourth-order valence-electron chi connectivity index (χ4n) is 5.20. The van der Waals surface area contributed by atoms with E-state index in [1.54, 1.807) is 18.1 Å². The molecular formula is C35H38Cl2N2O5. The number of hydrogen-bond donors (Lipinski definition) is 0. The van der Waals surface area contributed by atoms with Gasteiger partial charge in [0.25, 0.3) is 5.91 Å². The maximum absolute atomic E-state index is 14.4. The molecule has 3 aromatic rings. The van der Waals surface area contributed by atoms with E-state index in [0.29, 0.717) is 47.5 Å². The van der Waals surface area contributed by atoms with E-state index in [1.807, 2.05) is 86.3 Å². The lowest BCUT2D eigenvalue weighted by atomic mass is 9.92. The molecule has 0 aromatic heterocycles. The minimum absolute atomic E-state index is 0.0994. The summed E-state index contributed by atoms with van der Waals surface area (Å²) in [6, 6.07) is 21.1. The van der Waals surface area contributed by atoms with E-state index in [0.717, 1.165) is 40.9 Å². The van der Waals surface area contributed by atoms with Crippen LogP contribution in [0.25, 0.3) is 5.57 Å². The van der Waals surface area contributed by atoms with Gasteiger partial charge in [-0.15, -0.1) is 0 Å². The van der Waals surface area contributed by atoms with Crippen molar-refractivity contribution in [2.24, 2.45) is 0 Å². The fraction of sp³-hybridized carbons (Fsp3) is 0.371. The first-order valence-electron chi connectivity index (χ1n) is 14.8. The van der Waals surface area contributed by atoms with Crippen LogP contribution in [0, 0.1) is 0 Å². The molecule has 0 spiro atoms. The highest BCUT2D eigenvalue weighted by Gasteiger charge is 2.38. The predicted octanol–water partition coefficient (Wildman–Crippen LogP) is 8.17. The van der Waals surface area contributed by atoms with Gasteiger partial charge in [0.1, 0.15) is 23.7 Å².